The smallest absolute Gasteiger partial charge is 0.204 e. The zero-order chi connectivity index (χ0) is 12.6. The van der Waals surface area contributed by atoms with Gasteiger partial charge < -0.3 is 15.6 Å². The minimum Gasteiger partial charge on any atom is -0.349 e. The summed E-state index contributed by atoms with van der Waals surface area (Å²) in [6.07, 6.45) is 4.81. The Hall–Kier alpha value is -1.55. The third-order valence-corrected chi connectivity index (χ3v) is 4.12. The minimum absolute atomic E-state index is 0.0507. The molecule has 1 aliphatic carbocycles. The Morgan fingerprint density at radius 3 is 2.72 bits per heavy atom. The Morgan fingerprint density at radius 1 is 1.33 bits per heavy atom. The van der Waals surface area contributed by atoms with Crippen LogP contribution in [0.25, 0.3) is 11.0 Å². The first-order chi connectivity index (χ1) is 8.74. The fourth-order valence-electron chi connectivity index (χ4n) is 2.93. The number of nitrogens with two attached hydrogens (primary N) is 1. The lowest BCUT2D eigenvalue weighted by Gasteiger charge is -2.29. The summed E-state index contributed by atoms with van der Waals surface area (Å²) in [5.41, 5.74) is 8.20. The summed E-state index contributed by atoms with van der Waals surface area (Å²) in [6.45, 7) is 0.677. The summed E-state index contributed by atoms with van der Waals surface area (Å²) < 4.78 is 2.12. The number of hydrogen-bond donors (Lipinski definition) is 2. The van der Waals surface area contributed by atoms with E-state index in [4.69, 9.17) is 5.73 Å². The molecule has 96 valence electrons. The average molecular weight is 244 g/mol. The topological polar surface area (TPSA) is 55.9 Å². The van der Waals surface area contributed by atoms with E-state index in [1.54, 1.807) is 0 Å². The predicted molar refractivity (Wildman–Crippen MR) is 74.6 cm³/mol. The monoisotopic (exact) mass is 244 g/mol. The van der Waals surface area contributed by atoms with Crippen molar-refractivity contribution in [1.82, 2.24) is 9.55 Å². The quantitative estimate of drug-likeness (QED) is 0.870. The summed E-state index contributed by atoms with van der Waals surface area (Å²) in [4.78, 5) is 4.67. The van der Waals surface area contributed by atoms with Gasteiger partial charge in [-0.3, -0.25) is 0 Å². The van der Waals surface area contributed by atoms with E-state index in [0.717, 1.165) is 29.8 Å². The van der Waals surface area contributed by atoms with Gasteiger partial charge in [-0.1, -0.05) is 25.0 Å². The number of nitrogens with one attached hydrogen (secondary N) is 1. The van der Waals surface area contributed by atoms with Crippen molar-refractivity contribution >= 4 is 17.0 Å². The van der Waals surface area contributed by atoms with Gasteiger partial charge in [-0.05, 0) is 25.0 Å². The maximum Gasteiger partial charge on any atom is 0.204 e. The van der Waals surface area contributed by atoms with E-state index in [0.29, 0.717) is 6.54 Å². The molecule has 4 nitrogen and oxygen atoms in total. The molecule has 1 saturated carbocycles. The van der Waals surface area contributed by atoms with Crippen molar-refractivity contribution in [2.75, 3.05) is 11.9 Å². The van der Waals surface area contributed by atoms with Crippen molar-refractivity contribution in [3.8, 4) is 0 Å². The largest absolute Gasteiger partial charge is 0.349 e. The molecule has 1 heterocycles. The first kappa shape index (κ1) is 11.5. The molecule has 1 aliphatic rings. The van der Waals surface area contributed by atoms with Crippen LogP contribution in [0.2, 0.25) is 0 Å². The van der Waals surface area contributed by atoms with Gasteiger partial charge in [0.25, 0.3) is 0 Å². The number of nitrogens with zero attached hydrogens (tertiary/aromatic N) is 2. The summed E-state index contributed by atoms with van der Waals surface area (Å²) >= 11 is 0. The van der Waals surface area contributed by atoms with Crippen LogP contribution in [-0.4, -0.2) is 21.6 Å². The van der Waals surface area contributed by atoms with Crippen molar-refractivity contribution in [2.24, 2.45) is 12.8 Å². The van der Waals surface area contributed by atoms with E-state index < -0.39 is 0 Å². The highest BCUT2D eigenvalue weighted by molar-refractivity contribution is 5.78. The van der Waals surface area contributed by atoms with E-state index in [-0.39, 0.29) is 5.54 Å². The average Bonchev–Trinajstić information content (AvgIpc) is 2.98. The van der Waals surface area contributed by atoms with Crippen molar-refractivity contribution in [1.29, 1.82) is 0 Å². The molecule has 1 fully saturated rings. The maximum absolute atomic E-state index is 5.96. The highest BCUT2D eigenvalue weighted by Crippen LogP contribution is 2.32. The molecule has 18 heavy (non-hydrogen) atoms. The van der Waals surface area contributed by atoms with Gasteiger partial charge >= 0.3 is 0 Å². The summed E-state index contributed by atoms with van der Waals surface area (Å²) in [6, 6.07) is 8.21. The minimum atomic E-state index is 0.0507. The van der Waals surface area contributed by atoms with Crippen molar-refractivity contribution < 1.29 is 0 Å². The van der Waals surface area contributed by atoms with E-state index in [1.165, 1.54) is 12.8 Å². The molecule has 4 heteroatoms. The number of para-hydroxylation sites is 2. The van der Waals surface area contributed by atoms with Crippen LogP contribution in [0, 0.1) is 0 Å². The number of aromatic nitrogens is 2. The Balaban J connectivity index is 1.97. The summed E-state index contributed by atoms with van der Waals surface area (Å²) in [7, 11) is 2.05. The number of hydrogen-bond acceptors (Lipinski definition) is 3. The molecule has 1 aromatic carbocycles. The Kier molecular flexibility index (Phi) is 2.74. The van der Waals surface area contributed by atoms with Gasteiger partial charge in [-0.2, -0.15) is 0 Å². The number of anilines is 1. The molecule has 0 radical (unpaired) electrons. The lowest BCUT2D eigenvalue weighted by atomic mass is 9.98. The third-order valence-electron chi connectivity index (χ3n) is 4.12. The van der Waals surface area contributed by atoms with Gasteiger partial charge in [0.15, 0.2) is 0 Å². The molecule has 0 atom stereocenters. The zero-order valence-corrected chi connectivity index (χ0v) is 10.8. The third kappa shape index (κ3) is 1.77. The van der Waals surface area contributed by atoms with Crippen LogP contribution >= 0.6 is 0 Å². The molecule has 3 N–H and O–H groups in total. The van der Waals surface area contributed by atoms with Gasteiger partial charge in [0, 0.05) is 13.6 Å². The van der Waals surface area contributed by atoms with Crippen LogP contribution in [0.1, 0.15) is 25.7 Å². The van der Waals surface area contributed by atoms with E-state index >= 15 is 0 Å². The molecule has 0 spiro atoms. The van der Waals surface area contributed by atoms with Gasteiger partial charge in [-0.15, -0.1) is 0 Å². The molecule has 0 saturated heterocycles. The van der Waals surface area contributed by atoms with E-state index in [1.807, 2.05) is 18.2 Å². The lowest BCUT2D eigenvalue weighted by molar-refractivity contribution is 0.487. The summed E-state index contributed by atoms with van der Waals surface area (Å²) in [5, 5.41) is 3.59. The number of imidazole rings is 1. The highest BCUT2D eigenvalue weighted by Gasteiger charge is 2.33. The van der Waals surface area contributed by atoms with Crippen LogP contribution in [-0.2, 0) is 7.05 Å². The maximum atomic E-state index is 5.96. The van der Waals surface area contributed by atoms with Crippen molar-refractivity contribution in [3.63, 3.8) is 0 Å². The molecule has 2 aromatic rings. The van der Waals surface area contributed by atoms with E-state index in [2.05, 4.69) is 28.0 Å². The number of aryl methyl sites for hydroxylation is 1. The Morgan fingerprint density at radius 2 is 2.06 bits per heavy atom. The van der Waals surface area contributed by atoms with Crippen LogP contribution in [0.5, 0.6) is 0 Å². The lowest BCUT2D eigenvalue weighted by Crippen LogP contribution is -2.43. The number of rotatable bonds is 3. The van der Waals surface area contributed by atoms with Crippen molar-refractivity contribution in [3.05, 3.63) is 24.3 Å². The van der Waals surface area contributed by atoms with Crippen LogP contribution < -0.4 is 11.1 Å². The van der Waals surface area contributed by atoms with Crippen molar-refractivity contribution in [2.45, 2.75) is 31.2 Å². The molecular formula is C14H20N4. The number of fused-ring (bicyclic) bond motifs is 1. The first-order valence-electron chi connectivity index (χ1n) is 6.64. The Labute approximate surface area is 107 Å². The fourth-order valence-corrected chi connectivity index (χ4v) is 2.93. The second kappa shape index (κ2) is 4.28. The highest BCUT2D eigenvalue weighted by atomic mass is 15.2. The zero-order valence-electron chi connectivity index (χ0n) is 10.8. The van der Waals surface area contributed by atoms with Crippen LogP contribution in [0.4, 0.5) is 5.95 Å². The summed E-state index contributed by atoms with van der Waals surface area (Å²) in [5.74, 6) is 0.934. The molecule has 1 aromatic heterocycles. The number of benzene rings is 1. The second-order valence-corrected chi connectivity index (χ2v) is 5.30. The molecular weight excluding hydrogens is 224 g/mol. The van der Waals surface area contributed by atoms with Gasteiger partial charge in [0.2, 0.25) is 5.95 Å². The Bertz CT molecular complexity index is 552. The first-order valence-corrected chi connectivity index (χ1v) is 6.64. The van der Waals surface area contributed by atoms with Gasteiger partial charge in [-0.25, -0.2) is 4.98 Å². The molecule has 0 unspecified atom stereocenters. The predicted octanol–water partition coefficient (Wildman–Crippen LogP) is 2.26. The van der Waals surface area contributed by atoms with E-state index in [9.17, 15) is 0 Å². The second-order valence-electron chi connectivity index (χ2n) is 5.30. The van der Waals surface area contributed by atoms with Gasteiger partial charge in [0.05, 0.1) is 16.6 Å². The van der Waals surface area contributed by atoms with Crippen LogP contribution in [0.15, 0.2) is 24.3 Å². The standard InChI is InChI=1S/C14H20N4/c1-18-12-7-3-2-6-11(12)16-13(18)17-14(10-15)8-4-5-9-14/h2-3,6-7H,4-5,8-10,15H2,1H3,(H,16,17). The SMILES string of the molecule is Cn1c(NC2(CN)CCCC2)nc2ccccc21. The molecule has 0 bridgehead atoms. The van der Waals surface area contributed by atoms with Gasteiger partial charge in [0.1, 0.15) is 0 Å². The fraction of sp³-hybridized carbons (Fsp3) is 0.500. The normalized spacial score (nSPS) is 18.3. The van der Waals surface area contributed by atoms with Crippen LogP contribution in [0.3, 0.4) is 0 Å². The molecule has 0 amide bonds. The molecule has 0 aliphatic heterocycles. The molecule has 3 rings (SSSR count).